The van der Waals surface area contributed by atoms with Crippen LogP contribution in [0, 0.1) is 0 Å². The summed E-state index contributed by atoms with van der Waals surface area (Å²) in [5.41, 5.74) is 7.79. The van der Waals surface area contributed by atoms with Crippen molar-refractivity contribution in [1.29, 1.82) is 0 Å². The molecule has 1 heterocycles. The third kappa shape index (κ3) is 4.07. The number of benzene rings is 1. The van der Waals surface area contributed by atoms with E-state index < -0.39 is 0 Å². The lowest BCUT2D eigenvalue weighted by molar-refractivity contribution is 0.285. The predicted molar refractivity (Wildman–Crippen MR) is 91.2 cm³/mol. The van der Waals surface area contributed by atoms with Crippen LogP contribution < -0.4 is 15.8 Å². The van der Waals surface area contributed by atoms with Gasteiger partial charge in [-0.1, -0.05) is 6.07 Å². The number of aliphatic hydroxyl groups is 1. The largest absolute Gasteiger partial charge is 0.496 e. The van der Waals surface area contributed by atoms with Gasteiger partial charge in [0.15, 0.2) is 0 Å². The minimum Gasteiger partial charge on any atom is -0.496 e. The van der Waals surface area contributed by atoms with E-state index >= 15 is 0 Å². The molecule has 118 valence electrons. The van der Waals surface area contributed by atoms with Crippen molar-refractivity contribution in [3.8, 4) is 5.75 Å². The minimum atomic E-state index is 0.0419. The van der Waals surface area contributed by atoms with Crippen molar-refractivity contribution in [3.63, 3.8) is 0 Å². The fourth-order valence-corrected chi connectivity index (χ4v) is 2.77. The van der Waals surface area contributed by atoms with Gasteiger partial charge < -0.3 is 20.9 Å². The Morgan fingerprint density at radius 3 is 2.91 bits per heavy atom. The van der Waals surface area contributed by atoms with Crippen LogP contribution in [0.25, 0.3) is 0 Å². The topological polar surface area (TPSA) is 79.9 Å². The summed E-state index contributed by atoms with van der Waals surface area (Å²) in [6.45, 7) is 2.63. The fraction of sp³-hybridized carbons (Fsp3) is 0.312. The molecule has 5 nitrogen and oxygen atoms in total. The summed E-state index contributed by atoms with van der Waals surface area (Å²) in [5, 5.41) is 14.1. The molecule has 6 heteroatoms. The molecular weight excluding hydrogens is 298 g/mol. The Morgan fingerprint density at radius 2 is 2.27 bits per heavy atom. The molecule has 2 aromatic rings. The van der Waals surface area contributed by atoms with Crippen LogP contribution in [0.4, 0.5) is 5.69 Å². The van der Waals surface area contributed by atoms with Gasteiger partial charge in [0, 0.05) is 18.2 Å². The van der Waals surface area contributed by atoms with E-state index in [2.05, 4.69) is 10.3 Å². The number of nitrogens with zero attached hydrogens (tertiary/aromatic N) is 1. The monoisotopic (exact) mass is 319 g/mol. The average molecular weight is 319 g/mol. The number of ether oxygens (including phenoxy) is 1. The van der Waals surface area contributed by atoms with Crippen molar-refractivity contribution >= 4 is 22.9 Å². The number of aliphatic imine (C=N–C) groups is 1. The lowest BCUT2D eigenvalue weighted by Crippen LogP contribution is -2.22. The van der Waals surface area contributed by atoms with Crippen molar-refractivity contribution in [2.75, 3.05) is 20.3 Å². The first-order chi connectivity index (χ1) is 10.7. The molecule has 0 aliphatic rings. The number of amidine groups is 1. The number of nitrogens with two attached hydrogens (primary N) is 1. The van der Waals surface area contributed by atoms with Gasteiger partial charge in [0.25, 0.3) is 0 Å². The summed E-state index contributed by atoms with van der Waals surface area (Å²) in [6, 6.07) is 9.64. The molecule has 0 aliphatic heterocycles. The second-order valence-corrected chi connectivity index (χ2v) is 5.75. The Kier molecular flexibility index (Phi) is 5.94. The van der Waals surface area contributed by atoms with Gasteiger partial charge >= 0.3 is 0 Å². The highest BCUT2D eigenvalue weighted by molar-refractivity contribution is 7.12. The number of hydrogen-bond donors (Lipinski definition) is 3. The SMILES string of the molecule is COc1ccc(N=C(N)c2cccs2)cc1C(C)NCCO. The molecule has 0 aliphatic carbocycles. The molecule has 0 radical (unpaired) electrons. The quantitative estimate of drug-likeness (QED) is 0.541. The number of rotatable bonds is 7. The van der Waals surface area contributed by atoms with E-state index in [4.69, 9.17) is 15.6 Å². The van der Waals surface area contributed by atoms with Crippen LogP contribution in [0.3, 0.4) is 0 Å². The molecule has 2 rings (SSSR count). The van der Waals surface area contributed by atoms with Crippen LogP contribution in [-0.2, 0) is 0 Å². The highest BCUT2D eigenvalue weighted by Gasteiger charge is 2.12. The number of aliphatic hydroxyl groups excluding tert-OH is 1. The highest BCUT2D eigenvalue weighted by Crippen LogP contribution is 2.29. The lowest BCUT2D eigenvalue weighted by atomic mass is 10.1. The number of nitrogens with one attached hydrogen (secondary N) is 1. The Balaban J connectivity index is 2.28. The second-order valence-electron chi connectivity index (χ2n) is 4.80. The Morgan fingerprint density at radius 1 is 1.45 bits per heavy atom. The molecule has 0 amide bonds. The van der Waals surface area contributed by atoms with Crippen LogP contribution >= 0.6 is 11.3 Å². The molecule has 1 aromatic heterocycles. The summed E-state index contributed by atoms with van der Waals surface area (Å²) < 4.78 is 5.40. The van der Waals surface area contributed by atoms with Gasteiger partial charge in [0.1, 0.15) is 11.6 Å². The van der Waals surface area contributed by atoms with Crippen LogP contribution in [0.15, 0.2) is 40.7 Å². The molecule has 0 saturated heterocycles. The van der Waals surface area contributed by atoms with Gasteiger partial charge in [-0.15, -0.1) is 11.3 Å². The normalized spacial score (nSPS) is 13.1. The predicted octanol–water partition coefficient (Wildman–Crippen LogP) is 2.44. The molecule has 22 heavy (non-hydrogen) atoms. The van der Waals surface area contributed by atoms with Gasteiger partial charge in [0.05, 0.1) is 24.3 Å². The molecular formula is C16H21N3O2S. The van der Waals surface area contributed by atoms with E-state index in [1.807, 2.05) is 42.6 Å². The summed E-state index contributed by atoms with van der Waals surface area (Å²) in [6.07, 6.45) is 0. The van der Waals surface area contributed by atoms with Crippen LogP contribution in [0.5, 0.6) is 5.75 Å². The molecule has 1 atom stereocenters. The van der Waals surface area contributed by atoms with Crippen LogP contribution in [0.1, 0.15) is 23.4 Å². The number of methoxy groups -OCH3 is 1. The van der Waals surface area contributed by atoms with Gasteiger partial charge in [-0.25, -0.2) is 4.99 Å². The molecule has 1 aromatic carbocycles. The summed E-state index contributed by atoms with van der Waals surface area (Å²) >= 11 is 1.56. The van der Waals surface area contributed by atoms with E-state index in [-0.39, 0.29) is 12.6 Å². The molecule has 0 spiro atoms. The molecule has 1 unspecified atom stereocenters. The maximum atomic E-state index is 8.94. The first kappa shape index (κ1) is 16.5. The maximum absolute atomic E-state index is 8.94. The smallest absolute Gasteiger partial charge is 0.141 e. The van der Waals surface area contributed by atoms with Gasteiger partial charge in [0.2, 0.25) is 0 Å². The highest BCUT2D eigenvalue weighted by atomic mass is 32.1. The summed E-state index contributed by atoms with van der Waals surface area (Å²) in [4.78, 5) is 5.42. The van der Waals surface area contributed by atoms with Crippen molar-refractivity contribution in [2.24, 2.45) is 10.7 Å². The number of thiophene rings is 1. The fourth-order valence-electron chi connectivity index (χ4n) is 2.14. The van der Waals surface area contributed by atoms with Crippen molar-refractivity contribution in [1.82, 2.24) is 5.32 Å². The van der Waals surface area contributed by atoms with E-state index in [9.17, 15) is 0 Å². The summed E-state index contributed by atoms with van der Waals surface area (Å²) in [7, 11) is 1.64. The standard InChI is InChI=1S/C16H21N3O2S/c1-11(18-7-8-20)13-10-12(5-6-14(13)21-2)19-16(17)15-4-3-9-22-15/h3-6,9-11,18,20H,7-8H2,1-2H3,(H2,17,19). The zero-order valence-corrected chi connectivity index (χ0v) is 13.6. The van der Waals surface area contributed by atoms with E-state index in [0.717, 1.165) is 21.9 Å². The zero-order chi connectivity index (χ0) is 15.9. The molecule has 0 saturated carbocycles. The molecule has 0 fully saturated rings. The third-order valence-electron chi connectivity index (χ3n) is 3.27. The van der Waals surface area contributed by atoms with Gasteiger partial charge in [-0.05, 0) is 36.6 Å². The van der Waals surface area contributed by atoms with Crippen LogP contribution in [-0.4, -0.2) is 31.2 Å². The maximum Gasteiger partial charge on any atom is 0.141 e. The van der Waals surface area contributed by atoms with Gasteiger partial charge in [-0.3, -0.25) is 0 Å². The molecule has 0 bridgehead atoms. The lowest BCUT2D eigenvalue weighted by Gasteiger charge is -2.17. The van der Waals surface area contributed by atoms with Crippen molar-refractivity contribution in [3.05, 3.63) is 46.2 Å². The first-order valence-corrected chi connectivity index (χ1v) is 7.94. The van der Waals surface area contributed by atoms with Crippen LogP contribution in [0.2, 0.25) is 0 Å². The van der Waals surface area contributed by atoms with Crippen molar-refractivity contribution in [2.45, 2.75) is 13.0 Å². The zero-order valence-electron chi connectivity index (χ0n) is 12.7. The third-order valence-corrected chi connectivity index (χ3v) is 4.16. The Hall–Kier alpha value is -1.89. The van der Waals surface area contributed by atoms with E-state index in [1.165, 1.54) is 0 Å². The first-order valence-electron chi connectivity index (χ1n) is 7.06. The van der Waals surface area contributed by atoms with Crippen molar-refractivity contribution < 1.29 is 9.84 Å². The second kappa shape index (κ2) is 7.93. The van der Waals surface area contributed by atoms with Gasteiger partial charge in [-0.2, -0.15) is 0 Å². The minimum absolute atomic E-state index is 0.0419. The Labute approximate surface area is 134 Å². The van der Waals surface area contributed by atoms with E-state index in [1.54, 1.807) is 18.4 Å². The summed E-state index contributed by atoms with van der Waals surface area (Å²) in [5.74, 6) is 1.29. The Bertz CT molecular complexity index is 626. The molecule has 4 N–H and O–H groups in total. The number of hydrogen-bond acceptors (Lipinski definition) is 5. The average Bonchev–Trinajstić information content (AvgIpc) is 3.07. The van der Waals surface area contributed by atoms with E-state index in [0.29, 0.717) is 12.4 Å².